The number of phenolic OH excluding ortho intramolecular Hbond substituents is 1. The van der Waals surface area contributed by atoms with Crippen LogP contribution in [0.2, 0.25) is 0 Å². The maximum atomic E-state index is 12.3. The molecule has 1 aliphatic rings. The molecule has 154 valence electrons. The fourth-order valence-corrected chi connectivity index (χ4v) is 3.37. The molecule has 0 bridgehead atoms. The van der Waals surface area contributed by atoms with Crippen LogP contribution in [0.1, 0.15) is 12.8 Å². The molecule has 0 saturated carbocycles. The number of amides is 1. The summed E-state index contributed by atoms with van der Waals surface area (Å²) in [5.41, 5.74) is 0.437. The number of aliphatic carboxylic acids is 1. The van der Waals surface area contributed by atoms with Crippen molar-refractivity contribution in [3.05, 3.63) is 42.7 Å². The third-order valence-corrected chi connectivity index (χ3v) is 4.81. The largest absolute Gasteiger partial charge is 0.508 e. The number of carboxylic acid groups (broad SMARTS) is 1. The Bertz CT molecular complexity index is 833. The van der Waals surface area contributed by atoms with Crippen LogP contribution in [0.5, 0.6) is 5.75 Å². The minimum Gasteiger partial charge on any atom is -0.508 e. The van der Waals surface area contributed by atoms with Gasteiger partial charge in [0.05, 0.1) is 5.92 Å². The number of nitrogens with one attached hydrogen (secondary N) is 1. The summed E-state index contributed by atoms with van der Waals surface area (Å²) in [6.07, 6.45) is 4.14. The van der Waals surface area contributed by atoms with E-state index in [1.807, 2.05) is 0 Å². The van der Waals surface area contributed by atoms with Gasteiger partial charge in [-0.1, -0.05) is 6.07 Å². The molecule has 9 nitrogen and oxygen atoms in total. The van der Waals surface area contributed by atoms with Crippen molar-refractivity contribution < 1.29 is 19.8 Å². The number of aromatic hydroxyl groups is 1. The highest BCUT2D eigenvalue weighted by Crippen LogP contribution is 2.17. The summed E-state index contributed by atoms with van der Waals surface area (Å²) in [4.78, 5) is 36.7. The second-order valence-electron chi connectivity index (χ2n) is 7.03. The molecule has 1 saturated heterocycles. The van der Waals surface area contributed by atoms with Gasteiger partial charge in [-0.05, 0) is 31.2 Å². The Balaban J connectivity index is 1.54. The molecule has 0 radical (unpaired) electrons. The molecule has 3 rings (SSSR count). The number of phenols is 1. The predicted octanol–water partition coefficient (Wildman–Crippen LogP) is 1.42. The average molecular weight is 399 g/mol. The molecule has 1 unspecified atom stereocenters. The van der Waals surface area contributed by atoms with Crippen LogP contribution >= 0.6 is 0 Å². The number of carbonyl (C=O) groups excluding carboxylic acids is 1. The Labute approximate surface area is 169 Å². The molecule has 3 N–H and O–H groups in total. The van der Waals surface area contributed by atoms with E-state index in [-0.39, 0.29) is 12.2 Å². The van der Waals surface area contributed by atoms with E-state index in [0.717, 1.165) is 19.5 Å². The highest BCUT2D eigenvalue weighted by atomic mass is 16.4. The van der Waals surface area contributed by atoms with Crippen molar-refractivity contribution in [3.8, 4) is 5.75 Å². The second-order valence-corrected chi connectivity index (χ2v) is 7.03. The van der Waals surface area contributed by atoms with Crippen molar-refractivity contribution in [3.63, 3.8) is 0 Å². The summed E-state index contributed by atoms with van der Waals surface area (Å²) in [6, 6.07) is 7.94. The van der Waals surface area contributed by atoms with E-state index in [0.29, 0.717) is 31.3 Å². The van der Waals surface area contributed by atoms with Crippen LogP contribution in [0, 0.1) is 5.92 Å². The first kappa shape index (κ1) is 20.5. The number of carboxylic acids is 1. The summed E-state index contributed by atoms with van der Waals surface area (Å²) >= 11 is 0. The van der Waals surface area contributed by atoms with Gasteiger partial charge in [0.25, 0.3) is 0 Å². The standard InChI is InChI=1S/C20H25N5O4/c26-17-5-1-4-16(13-17)23-18(27)12-15(19(28)29)14-24-8-3-9-25(11-10-24)20-21-6-2-7-22-20/h1-2,4-7,13,15,26H,3,8-12,14H2,(H,23,27)(H,28,29). The van der Waals surface area contributed by atoms with Gasteiger partial charge in [0.1, 0.15) is 5.75 Å². The molecule has 1 fully saturated rings. The van der Waals surface area contributed by atoms with Crippen molar-refractivity contribution in [2.45, 2.75) is 12.8 Å². The van der Waals surface area contributed by atoms with Crippen LogP contribution in [0.15, 0.2) is 42.7 Å². The zero-order valence-corrected chi connectivity index (χ0v) is 16.1. The summed E-state index contributed by atoms with van der Waals surface area (Å²) < 4.78 is 0. The van der Waals surface area contributed by atoms with E-state index < -0.39 is 17.8 Å². The average Bonchev–Trinajstić information content (AvgIpc) is 2.94. The summed E-state index contributed by atoms with van der Waals surface area (Å²) in [5.74, 6) is -1.49. The molecule has 9 heteroatoms. The number of aromatic nitrogens is 2. The van der Waals surface area contributed by atoms with E-state index >= 15 is 0 Å². The van der Waals surface area contributed by atoms with Gasteiger partial charge >= 0.3 is 5.97 Å². The van der Waals surface area contributed by atoms with Crippen LogP contribution in [-0.2, 0) is 9.59 Å². The first-order valence-corrected chi connectivity index (χ1v) is 9.57. The minimum absolute atomic E-state index is 0.0362. The van der Waals surface area contributed by atoms with Crippen molar-refractivity contribution >= 4 is 23.5 Å². The third kappa shape index (κ3) is 6.15. The van der Waals surface area contributed by atoms with Gasteiger partial charge < -0.3 is 25.3 Å². The number of carbonyl (C=O) groups is 2. The molecule has 1 aromatic carbocycles. The lowest BCUT2D eigenvalue weighted by molar-refractivity contribution is -0.144. The Hall–Kier alpha value is -3.20. The zero-order valence-electron chi connectivity index (χ0n) is 16.1. The van der Waals surface area contributed by atoms with Gasteiger partial charge in [-0.15, -0.1) is 0 Å². The molecule has 2 aromatic rings. The van der Waals surface area contributed by atoms with Gasteiger partial charge in [0.15, 0.2) is 0 Å². The van der Waals surface area contributed by atoms with E-state index in [4.69, 9.17) is 0 Å². The number of nitrogens with zero attached hydrogens (tertiary/aromatic N) is 4. The Morgan fingerprint density at radius 2 is 1.90 bits per heavy atom. The fourth-order valence-electron chi connectivity index (χ4n) is 3.37. The Morgan fingerprint density at radius 3 is 2.62 bits per heavy atom. The van der Waals surface area contributed by atoms with E-state index in [9.17, 15) is 19.8 Å². The number of benzene rings is 1. The maximum absolute atomic E-state index is 12.3. The molecule has 1 atom stereocenters. The lowest BCUT2D eigenvalue weighted by Crippen LogP contribution is -2.38. The molecule has 1 aliphatic heterocycles. The summed E-state index contributed by atoms with van der Waals surface area (Å²) in [6.45, 7) is 3.23. The SMILES string of the molecule is O=C(CC(CN1CCCN(c2ncccn2)CC1)C(=O)O)Nc1cccc(O)c1. The van der Waals surface area contributed by atoms with Gasteiger partial charge in [-0.3, -0.25) is 9.59 Å². The normalized spacial score (nSPS) is 16.1. The van der Waals surface area contributed by atoms with Crippen LogP contribution in [0.25, 0.3) is 0 Å². The smallest absolute Gasteiger partial charge is 0.308 e. The number of hydrogen-bond acceptors (Lipinski definition) is 7. The molecule has 1 aromatic heterocycles. The van der Waals surface area contributed by atoms with Gasteiger partial charge in [0.2, 0.25) is 11.9 Å². The monoisotopic (exact) mass is 399 g/mol. The first-order chi connectivity index (χ1) is 14.0. The third-order valence-electron chi connectivity index (χ3n) is 4.81. The highest BCUT2D eigenvalue weighted by molar-refractivity contribution is 5.93. The predicted molar refractivity (Wildman–Crippen MR) is 108 cm³/mol. The van der Waals surface area contributed by atoms with E-state index in [2.05, 4.69) is 25.1 Å². The lowest BCUT2D eigenvalue weighted by atomic mass is 10.0. The molecule has 29 heavy (non-hydrogen) atoms. The zero-order chi connectivity index (χ0) is 20.6. The lowest BCUT2D eigenvalue weighted by Gasteiger charge is -2.24. The van der Waals surface area contributed by atoms with Crippen LogP contribution in [0.3, 0.4) is 0 Å². The molecular formula is C20H25N5O4. The van der Waals surface area contributed by atoms with Crippen molar-refractivity contribution in [2.24, 2.45) is 5.92 Å². The molecule has 0 spiro atoms. The minimum atomic E-state index is -0.997. The van der Waals surface area contributed by atoms with Crippen molar-refractivity contribution in [1.29, 1.82) is 0 Å². The van der Waals surface area contributed by atoms with Crippen LogP contribution in [-0.4, -0.2) is 69.7 Å². The van der Waals surface area contributed by atoms with Crippen molar-refractivity contribution in [1.82, 2.24) is 14.9 Å². The fraction of sp³-hybridized carbons (Fsp3) is 0.400. The topological polar surface area (TPSA) is 119 Å². The first-order valence-electron chi connectivity index (χ1n) is 9.57. The van der Waals surface area contributed by atoms with Crippen LogP contribution in [0.4, 0.5) is 11.6 Å². The Morgan fingerprint density at radius 1 is 1.10 bits per heavy atom. The highest BCUT2D eigenvalue weighted by Gasteiger charge is 2.26. The summed E-state index contributed by atoms with van der Waals surface area (Å²) in [7, 11) is 0. The Kier molecular flexibility index (Phi) is 6.96. The maximum Gasteiger partial charge on any atom is 0.308 e. The molecular weight excluding hydrogens is 374 g/mol. The van der Waals surface area contributed by atoms with Gasteiger partial charge in [-0.25, -0.2) is 9.97 Å². The van der Waals surface area contributed by atoms with Gasteiger partial charge in [0, 0.05) is 56.7 Å². The number of rotatable bonds is 7. The number of hydrogen-bond donors (Lipinski definition) is 3. The molecule has 0 aliphatic carbocycles. The van der Waals surface area contributed by atoms with E-state index in [1.165, 1.54) is 12.1 Å². The van der Waals surface area contributed by atoms with E-state index in [1.54, 1.807) is 30.6 Å². The second kappa shape index (κ2) is 9.83. The van der Waals surface area contributed by atoms with Gasteiger partial charge in [-0.2, -0.15) is 0 Å². The molecule has 1 amide bonds. The summed E-state index contributed by atoms with van der Waals surface area (Å²) in [5, 5.41) is 21.7. The van der Waals surface area contributed by atoms with Crippen LogP contribution < -0.4 is 10.2 Å². The van der Waals surface area contributed by atoms with Crippen molar-refractivity contribution in [2.75, 3.05) is 42.9 Å². The molecule has 2 heterocycles. The quantitative estimate of drug-likeness (QED) is 0.640. The number of anilines is 2.